The summed E-state index contributed by atoms with van der Waals surface area (Å²) in [5.41, 5.74) is 0. The molecule has 0 aliphatic heterocycles. The molecule has 1 atom stereocenters. The molecular formula is C19H36O2. The van der Waals surface area contributed by atoms with Gasteiger partial charge in [-0.2, -0.15) is 0 Å². The van der Waals surface area contributed by atoms with Gasteiger partial charge in [-0.05, 0) is 25.2 Å². The van der Waals surface area contributed by atoms with Gasteiger partial charge in [0.25, 0.3) is 0 Å². The van der Waals surface area contributed by atoms with Crippen LogP contribution in [0.15, 0.2) is 12.7 Å². The first kappa shape index (κ1) is 20.2. The number of allylic oxidation sites excluding steroid dienone is 1. The molecule has 0 spiro atoms. The Balaban J connectivity index is 3.17. The molecule has 0 aliphatic carbocycles. The normalized spacial score (nSPS) is 12.2. The lowest BCUT2D eigenvalue weighted by molar-refractivity contribution is -0.137. The van der Waals surface area contributed by atoms with Crippen molar-refractivity contribution >= 4 is 5.97 Å². The average molecular weight is 296 g/mol. The van der Waals surface area contributed by atoms with Crippen molar-refractivity contribution in [2.24, 2.45) is 5.92 Å². The summed E-state index contributed by atoms with van der Waals surface area (Å²) in [6, 6.07) is 0. The first-order valence-corrected chi connectivity index (χ1v) is 8.99. The molecule has 0 saturated heterocycles. The monoisotopic (exact) mass is 296 g/mol. The number of aliphatic carboxylic acids is 1. The Bertz CT molecular complexity index is 248. The van der Waals surface area contributed by atoms with Gasteiger partial charge >= 0.3 is 5.97 Å². The van der Waals surface area contributed by atoms with Gasteiger partial charge in [0, 0.05) is 6.42 Å². The van der Waals surface area contributed by atoms with E-state index in [-0.39, 0.29) is 0 Å². The third kappa shape index (κ3) is 17.2. The van der Waals surface area contributed by atoms with E-state index in [9.17, 15) is 4.79 Å². The van der Waals surface area contributed by atoms with Crippen LogP contribution in [0.2, 0.25) is 0 Å². The van der Waals surface area contributed by atoms with Gasteiger partial charge in [0.05, 0.1) is 0 Å². The Morgan fingerprint density at radius 3 is 1.90 bits per heavy atom. The van der Waals surface area contributed by atoms with Crippen LogP contribution in [0, 0.1) is 5.92 Å². The Labute approximate surface area is 132 Å². The van der Waals surface area contributed by atoms with E-state index in [1.165, 1.54) is 70.6 Å². The standard InChI is InChI=1S/C19H36O2/c1-3-4-5-6-7-8-9-10-12-15-18(2)16-13-11-14-17-19(20)21/h3,18H,1,4-17H2,2H3,(H,20,21). The predicted octanol–water partition coefficient (Wildman–Crippen LogP) is 6.35. The van der Waals surface area contributed by atoms with Crippen LogP contribution in [0.25, 0.3) is 0 Å². The Morgan fingerprint density at radius 2 is 1.38 bits per heavy atom. The molecule has 124 valence electrons. The number of hydrogen-bond donors (Lipinski definition) is 1. The molecule has 0 fully saturated rings. The molecule has 1 unspecified atom stereocenters. The summed E-state index contributed by atoms with van der Waals surface area (Å²) in [6.07, 6.45) is 18.8. The van der Waals surface area contributed by atoms with Crippen LogP contribution in [-0.2, 0) is 4.79 Å². The summed E-state index contributed by atoms with van der Waals surface area (Å²) in [4.78, 5) is 10.4. The van der Waals surface area contributed by atoms with Gasteiger partial charge in [-0.1, -0.05) is 77.2 Å². The molecule has 0 rings (SSSR count). The predicted molar refractivity (Wildman–Crippen MR) is 91.6 cm³/mol. The van der Waals surface area contributed by atoms with Crippen molar-refractivity contribution < 1.29 is 9.90 Å². The summed E-state index contributed by atoms with van der Waals surface area (Å²) in [5.74, 6) is 0.148. The first-order chi connectivity index (χ1) is 10.2. The van der Waals surface area contributed by atoms with Crippen molar-refractivity contribution in [1.82, 2.24) is 0 Å². The van der Waals surface area contributed by atoms with E-state index in [1.54, 1.807) is 0 Å². The number of unbranched alkanes of at least 4 members (excludes halogenated alkanes) is 9. The van der Waals surface area contributed by atoms with Crippen LogP contribution in [0.5, 0.6) is 0 Å². The minimum Gasteiger partial charge on any atom is -0.481 e. The maximum Gasteiger partial charge on any atom is 0.303 e. The van der Waals surface area contributed by atoms with Gasteiger partial charge < -0.3 is 5.11 Å². The average Bonchev–Trinajstić information content (AvgIpc) is 2.45. The molecule has 0 aromatic heterocycles. The van der Waals surface area contributed by atoms with Gasteiger partial charge in [-0.3, -0.25) is 4.79 Å². The summed E-state index contributed by atoms with van der Waals surface area (Å²) in [7, 11) is 0. The van der Waals surface area contributed by atoms with Crippen LogP contribution in [-0.4, -0.2) is 11.1 Å². The Morgan fingerprint density at radius 1 is 0.905 bits per heavy atom. The van der Waals surface area contributed by atoms with Crippen LogP contribution in [0.3, 0.4) is 0 Å². The van der Waals surface area contributed by atoms with E-state index in [4.69, 9.17) is 5.11 Å². The third-order valence-electron chi connectivity index (χ3n) is 4.19. The maximum atomic E-state index is 10.4. The molecule has 21 heavy (non-hydrogen) atoms. The highest BCUT2D eigenvalue weighted by Gasteiger charge is 2.03. The summed E-state index contributed by atoms with van der Waals surface area (Å²) >= 11 is 0. The van der Waals surface area contributed by atoms with Gasteiger partial charge in [0.15, 0.2) is 0 Å². The molecule has 0 saturated carbocycles. The van der Waals surface area contributed by atoms with Crippen LogP contribution in [0.4, 0.5) is 0 Å². The van der Waals surface area contributed by atoms with Gasteiger partial charge in [-0.15, -0.1) is 6.58 Å². The van der Waals surface area contributed by atoms with E-state index in [0.717, 1.165) is 18.8 Å². The highest BCUT2D eigenvalue weighted by molar-refractivity contribution is 5.66. The molecule has 2 heteroatoms. The van der Waals surface area contributed by atoms with Crippen LogP contribution >= 0.6 is 0 Å². The Hall–Kier alpha value is -0.790. The molecule has 0 heterocycles. The zero-order valence-corrected chi connectivity index (χ0v) is 14.1. The SMILES string of the molecule is C=CCCCCCCCCCC(C)CCCCCC(=O)O. The fourth-order valence-electron chi connectivity index (χ4n) is 2.76. The van der Waals surface area contributed by atoms with E-state index in [0.29, 0.717) is 6.42 Å². The van der Waals surface area contributed by atoms with E-state index in [2.05, 4.69) is 13.5 Å². The fraction of sp³-hybridized carbons (Fsp3) is 0.842. The number of carboxylic acids is 1. The fourth-order valence-corrected chi connectivity index (χ4v) is 2.76. The van der Waals surface area contributed by atoms with E-state index < -0.39 is 5.97 Å². The third-order valence-corrected chi connectivity index (χ3v) is 4.19. The second-order valence-electron chi connectivity index (χ2n) is 6.44. The number of carbonyl (C=O) groups is 1. The van der Waals surface area contributed by atoms with Crippen molar-refractivity contribution in [2.75, 3.05) is 0 Å². The van der Waals surface area contributed by atoms with Crippen molar-refractivity contribution in [1.29, 1.82) is 0 Å². The number of hydrogen-bond acceptors (Lipinski definition) is 1. The molecule has 1 N–H and O–H groups in total. The second kappa shape index (κ2) is 15.6. The van der Waals surface area contributed by atoms with Crippen molar-refractivity contribution in [3.63, 3.8) is 0 Å². The maximum absolute atomic E-state index is 10.4. The quantitative estimate of drug-likeness (QED) is 0.266. The highest BCUT2D eigenvalue weighted by Crippen LogP contribution is 2.18. The van der Waals surface area contributed by atoms with Crippen LogP contribution < -0.4 is 0 Å². The first-order valence-electron chi connectivity index (χ1n) is 8.99. The molecule has 0 radical (unpaired) electrons. The zero-order chi connectivity index (χ0) is 15.8. The second-order valence-corrected chi connectivity index (χ2v) is 6.44. The minimum atomic E-state index is -0.660. The largest absolute Gasteiger partial charge is 0.481 e. The minimum absolute atomic E-state index is 0.335. The van der Waals surface area contributed by atoms with Crippen molar-refractivity contribution in [2.45, 2.75) is 96.8 Å². The summed E-state index contributed by atoms with van der Waals surface area (Å²) in [5, 5.41) is 8.56. The molecule has 0 bridgehead atoms. The molecular weight excluding hydrogens is 260 g/mol. The topological polar surface area (TPSA) is 37.3 Å². The molecule has 0 aromatic carbocycles. The lowest BCUT2D eigenvalue weighted by atomic mass is 9.96. The van der Waals surface area contributed by atoms with Crippen molar-refractivity contribution in [3.05, 3.63) is 12.7 Å². The lowest BCUT2D eigenvalue weighted by Crippen LogP contribution is -1.97. The zero-order valence-electron chi connectivity index (χ0n) is 14.1. The highest BCUT2D eigenvalue weighted by atomic mass is 16.4. The Kier molecular flexibility index (Phi) is 15.0. The smallest absolute Gasteiger partial charge is 0.303 e. The van der Waals surface area contributed by atoms with E-state index >= 15 is 0 Å². The number of carboxylic acid groups (broad SMARTS) is 1. The molecule has 0 aromatic rings. The van der Waals surface area contributed by atoms with Crippen molar-refractivity contribution in [3.8, 4) is 0 Å². The number of rotatable bonds is 16. The van der Waals surface area contributed by atoms with E-state index in [1.807, 2.05) is 6.08 Å². The summed E-state index contributed by atoms with van der Waals surface area (Å²) < 4.78 is 0. The lowest BCUT2D eigenvalue weighted by Gasteiger charge is -2.10. The van der Waals surface area contributed by atoms with Crippen LogP contribution in [0.1, 0.15) is 96.8 Å². The van der Waals surface area contributed by atoms with Gasteiger partial charge in [0.2, 0.25) is 0 Å². The molecule has 0 amide bonds. The van der Waals surface area contributed by atoms with Gasteiger partial charge in [-0.25, -0.2) is 0 Å². The molecule has 0 aliphatic rings. The van der Waals surface area contributed by atoms with Gasteiger partial charge in [0.1, 0.15) is 0 Å². The summed E-state index contributed by atoms with van der Waals surface area (Å²) in [6.45, 7) is 6.09. The molecule has 2 nitrogen and oxygen atoms in total.